The van der Waals surface area contributed by atoms with Crippen LogP contribution in [0, 0.1) is 5.92 Å². The van der Waals surface area contributed by atoms with Gasteiger partial charge >= 0.3 is 6.03 Å². The molecule has 2 atom stereocenters. The van der Waals surface area contributed by atoms with Gasteiger partial charge in [-0.3, -0.25) is 28.8 Å². The molecular formula is C15H15N2O6S-. The quantitative estimate of drug-likeness (QED) is 0.419. The molecule has 1 saturated heterocycles. The summed E-state index contributed by atoms with van der Waals surface area (Å²) in [6, 6.07) is 5.56. The van der Waals surface area contributed by atoms with Gasteiger partial charge in [0.05, 0.1) is 0 Å². The molecule has 1 heterocycles. The normalized spacial score (nSPS) is 19.1. The molecule has 24 heavy (non-hydrogen) atoms. The second-order valence-electron chi connectivity index (χ2n) is 5.26. The number of carbonyl (C=O) groups excluding carboxylic acids is 4. The molecule has 1 aromatic carbocycles. The van der Waals surface area contributed by atoms with Gasteiger partial charge in [0, 0.05) is 17.9 Å². The lowest BCUT2D eigenvalue weighted by atomic mass is 9.95. The minimum Gasteiger partial charge on any atom is -0.772 e. The summed E-state index contributed by atoms with van der Waals surface area (Å²) < 4.78 is 21.1. The van der Waals surface area contributed by atoms with Crippen LogP contribution in [0.4, 0.5) is 4.79 Å². The van der Waals surface area contributed by atoms with Crippen molar-refractivity contribution in [3.05, 3.63) is 35.4 Å². The van der Waals surface area contributed by atoms with E-state index in [-0.39, 0.29) is 25.1 Å². The Morgan fingerprint density at radius 2 is 1.88 bits per heavy atom. The minimum absolute atomic E-state index is 0.0769. The Morgan fingerprint density at radius 3 is 2.46 bits per heavy atom. The maximum atomic E-state index is 12.4. The van der Waals surface area contributed by atoms with E-state index in [2.05, 4.69) is 5.32 Å². The number of nitrogens with zero attached hydrogens (tertiary/aromatic N) is 1. The molecule has 0 aromatic heterocycles. The summed E-state index contributed by atoms with van der Waals surface area (Å²) in [5.41, 5.74) is 1.14. The number of benzene rings is 1. The highest BCUT2D eigenvalue weighted by Gasteiger charge is 2.39. The maximum Gasteiger partial charge on any atom is 0.330 e. The molecule has 1 fully saturated rings. The fourth-order valence-corrected chi connectivity index (χ4v) is 2.73. The van der Waals surface area contributed by atoms with Gasteiger partial charge in [-0.1, -0.05) is 35.3 Å². The number of rotatable bonds is 7. The van der Waals surface area contributed by atoms with E-state index >= 15 is 0 Å². The Kier molecular flexibility index (Phi) is 5.93. The van der Waals surface area contributed by atoms with Crippen molar-refractivity contribution >= 4 is 35.2 Å². The number of aldehydes is 1. The van der Waals surface area contributed by atoms with E-state index in [9.17, 15) is 27.9 Å². The Labute approximate surface area is 140 Å². The average molecular weight is 351 g/mol. The van der Waals surface area contributed by atoms with E-state index in [1.54, 1.807) is 24.3 Å². The summed E-state index contributed by atoms with van der Waals surface area (Å²) in [5, 5.41) is 2.11. The van der Waals surface area contributed by atoms with Crippen molar-refractivity contribution in [1.29, 1.82) is 0 Å². The number of nitrogens with one attached hydrogen (secondary N) is 1. The zero-order valence-electron chi connectivity index (χ0n) is 12.6. The van der Waals surface area contributed by atoms with Gasteiger partial charge in [0.1, 0.15) is 12.2 Å². The first-order chi connectivity index (χ1) is 11.4. The van der Waals surface area contributed by atoms with Gasteiger partial charge in [-0.05, 0) is 18.4 Å². The van der Waals surface area contributed by atoms with Crippen molar-refractivity contribution < 1.29 is 27.9 Å². The molecule has 1 aliphatic heterocycles. The highest BCUT2D eigenvalue weighted by Crippen LogP contribution is 2.17. The standard InChI is InChI=1S/C15H16N2O6S/c18-9-11-4-2-10(3-5-11)8-12-13(19)16-15(21)17(14(12)20)6-1-7-24(22)23/h2-5,9,12H,1,6-8H2,(H,22,23)(H,16,19,21)/p-1. The maximum absolute atomic E-state index is 12.4. The molecule has 1 aromatic rings. The van der Waals surface area contributed by atoms with Crippen molar-refractivity contribution in [2.45, 2.75) is 12.8 Å². The fourth-order valence-electron chi connectivity index (χ4n) is 2.36. The van der Waals surface area contributed by atoms with Crippen LogP contribution in [0.15, 0.2) is 24.3 Å². The van der Waals surface area contributed by atoms with Crippen LogP contribution < -0.4 is 5.32 Å². The molecular weight excluding hydrogens is 336 g/mol. The van der Waals surface area contributed by atoms with Crippen LogP contribution in [0.5, 0.6) is 0 Å². The Morgan fingerprint density at radius 1 is 1.21 bits per heavy atom. The first kappa shape index (κ1) is 18.0. The highest BCUT2D eigenvalue weighted by atomic mass is 32.2. The number of urea groups is 1. The van der Waals surface area contributed by atoms with Crippen LogP contribution in [0.25, 0.3) is 0 Å². The summed E-state index contributed by atoms with van der Waals surface area (Å²) in [7, 11) is 0. The summed E-state index contributed by atoms with van der Waals surface area (Å²) in [6.07, 6.45) is 0.869. The van der Waals surface area contributed by atoms with Crippen molar-refractivity contribution in [3.63, 3.8) is 0 Å². The van der Waals surface area contributed by atoms with Crippen molar-refractivity contribution in [2.75, 3.05) is 12.3 Å². The van der Waals surface area contributed by atoms with Crippen molar-refractivity contribution in [1.82, 2.24) is 10.2 Å². The Bertz CT molecular complexity index is 688. The molecule has 0 bridgehead atoms. The highest BCUT2D eigenvalue weighted by molar-refractivity contribution is 7.79. The molecule has 9 heteroatoms. The molecule has 1 aliphatic rings. The molecule has 0 radical (unpaired) electrons. The summed E-state index contributed by atoms with van der Waals surface area (Å²) in [5.74, 6) is -2.58. The van der Waals surface area contributed by atoms with Gasteiger partial charge in [-0.25, -0.2) is 4.79 Å². The predicted octanol–water partition coefficient (Wildman–Crippen LogP) is 0.00540. The molecule has 2 rings (SSSR count). The van der Waals surface area contributed by atoms with Crippen molar-refractivity contribution in [2.24, 2.45) is 5.92 Å². The third kappa shape index (κ3) is 4.33. The fraction of sp³-hybridized carbons (Fsp3) is 0.333. The van der Waals surface area contributed by atoms with Gasteiger partial charge in [-0.2, -0.15) is 0 Å². The largest absolute Gasteiger partial charge is 0.772 e. The third-order valence-electron chi connectivity index (χ3n) is 3.60. The topological polar surface area (TPSA) is 124 Å². The van der Waals surface area contributed by atoms with E-state index in [0.717, 1.165) is 4.90 Å². The van der Waals surface area contributed by atoms with Gasteiger partial charge in [0.15, 0.2) is 0 Å². The zero-order valence-corrected chi connectivity index (χ0v) is 13.4. The second kappa shape index (κ2) is 7.93. The van der Waals surface area contributed by atoms with E-state index in [0.29, 0.717) is 17.4 Å². The molecule has 128 valence electrons. The van der Waals surface area contributed by atoms with E-state index in [1.807, 2.05) is 0 Å². The number of carbonyl (C=O) groups is 4. The van der Waals surface area contributed by atoms with Gasteiger partial charge in [-0.15, -0.1) is 0 Å². The number of barbiturate groups is 1. The van der Waals surface area contributed by atoms with E-state index in [4.69, 9.17) is 0 Å². The SMILES string of the molecule is O=Cc1ccc(CC2C(=O)NC(=O)N(CCCS(=O)[O-])C2=O)cc1. The van der Waals surface area contributed by atoms with Gasteiger partial charge in [0.25, 0.3) is 0 Å². The lowest BCUT2D eigenvalue weighted by molar-refractivity contribution is -0.142. The summed E-state index contributed by atoms with van der Waals surface area (Å²) >= 11 is -2.26. The smallest absolute Gasteiger partial charge is 0.330 e. The first-order valence-electron chi connectivity index (χ1n) is 7.18. The minimum atomic E-state index is -2.26. The van der Waals surface area contributed by atoms with Crippen molar-refractivity contribution in [3.8, 4) is 0 Å². The van der Waals surface area contributed by atoms with Crippen LogP contribution in [0.2, 0.25) is 0 Å². The summed E-state index contributed by atoms with van der Waals surface area (Å²) in [4.78, 5) is 47.6. The Hall–Kier alpha value is -2.39. The van der Waals surface area contributed by atoms with E-state index < -0.39 is 34.8 Å². The molecule has 0 spiro atoms. The lowest BCUT2D eigenvalue weighted by Crippen LogP contribution is -2.58. The average Bonchev–Trinajstić information content (AvgIpc) is 2.55. The molecule has 0 saturated carbocycles. The van der Waals surface area contributed by atoms with E-state index in [1.165, 1.54) is 0 Å². The van der Waals surface area contributed by atoms with Crippen LogP contribution in [0.3, 0.4) is 0 Å². The molecule has 0 aliphatic carbocycles. The van der Waals surface area contributed by atoms with Crippen LogP contribution in [-0.2, 0) is 27.1 Å². The predicted molar refractivity (Wildman–Crippen MR) is 82.7 cm³/mol. The number of imide groups is 2. The molecule has 4 amide bonds. The molecule has 8 nitrogen and oxygen atoms in total. The Balaban J connectivity index is 2.08. The monoisotopic (exact) mass is 351 g/mol. The number of hydrogen-bond acceptors (Lipinski definition) is 6. The van der Waals surface area contributed by atoms with Crippen LogP contribution in [-0.4, -0.2) is 50.1 Å². The molecule has 1 N–H and O–H groups in total. The first-order valence-corrected chi connectivity index (χ1v) is 8.43. The zero-order chi connectivity index (χ0) is 17.7. The summed E-state index contributed by atoms with van der Waals surface area (Å²) in [6.45, 7) is -0.0769. The second-order valence-corrected chi connectivity index (χ2v) is 6.28. The number of amides is 4. The molecule has 2 unspecified atom stereocenters. The van der Waals surface area contributed by atoms with Gasteiger partial charge < -0.3 is 4.55 Å². The van der Waals surface area contributed by atoms with Crippen LogP contribution >= 0.6 is 0 Å². The lowest BCUT2D eigenvalue weighted by Gasteiger charge is -2.30. The number of hydrogen-bond donors (Lipinski definition) is 1. The van der Waals surface area contributed by atoms with Gasteiger partial charge in [0.2, 0.25) is 11.8 Å². The third-order valence-corrected chi connectivity index (χ3v) is 4.23. The van der Waals surface area contributed by atoms with Crippen LogP contribution in [0.1, 0.15) is 22.3 Å².